The maximum Gasteiger partial charge on any atom is 0.338 e. The van der Waals surface area contributed by atoms with Crippen LogP contribution in [0.15, 0.2) is 41.8 Å². The fourth-order valence-corrected chi connectivity index (χ4v) is 1.90. The van der Waals surface area contributed by atoms with Gasteiger partial charge in [0, 0.05) is 10.6 Å². The number of benzene rings is 1. The Balaban J connectivity index is 1.98. The minimum atomic E-state index is -0.347. The predicted molar refractivity (Wildman–Crippen MR) is 64.3 cm³/mol. The van der Waals surface area contributed by atoms with Gasteiger partial charge in [-0.25, -0.2) is 4.79 Å². The summed E-state index contributed by atoms with van der Waals surface area (Å²) in [5, 5.41) is 1.95. The van der Waals surface area contributed by atoms with Gasteiger partial charge in [-0.05, 0) is 29.6 Å². The van der Waals surface area contributed by atoms with E-state index in [4.69, 9.17) is 10.5 Å². The molecule has 0 saturated heterocycles. The lowest BCUT2D eigenvalue weighted by Gasteiger charge is -2.03. The summed E-state index contributed by atoms with van der Waals surface area (Å²) in [4.78, 5) is 12.6. The van der Waals surface area contributed by atoms with Crippen LogP contribution in [0, 0.1) is 0 Å². The lowest BCUT2D eigenvalue weighted by Crippen LogP contribution is -2.04. The van der Waals surface area contributed by atoms with Crippen LogP contribution in [-0.2, 0) is 11.3 Å². The highest BCUT2D eigenvalue weighted by molar-refractivity contribution is 7.09. The summed E-state index contributed by atoms with van der Waals surface area (Å²) in [6, 6.07) is 10.6. The lowest BCUT2D eigenvalue weighted by molar-refractivity contribution is 0.0477. The van der Waals surface area contributed by atoms with E-state index < -0.39 is 0 Å². The Morgan fingerprint density at radius 2 is 2.19 bits per heavy atom. The van der Waals surface area contributed by atoms with Crippen LogP contribution in [0.4, 0.5) is 5.69 Å². The molecule has 0 aliphatic heterocycles. The van der Waals surface area contributed by atoms with Gasteiger partial charge >= 0.3 is 5.97 Å². The molecule has 2 aromatic rings. The number of carbonyl (C=O) groups excluding carboxylic acids is 1. The van der Waals surface area contributed by atoms with Gasteiger partial charge in [0.1, 0.15) is 6.61 Å². The fourth-order valence-electron chi connectivity index (χ4n) is 1.28. The molecule has 2 N–H and O–H groups in total. The average Bonchev–Trinajstić information content (AvgIpc) is 2.78. The Morgan fingerprint density at radius 3 is 2.88 bits per heavy atom. The van der Waals surface area contributed by atoms with Crippen LogP contribution in [0.1, 0.15) is 15.2 Å². The van der Waals surface area contributed by atoms with Gasteiger partial charge in [0.15, 0.2) is 0 Å². The third kappa shape index (κ3) is 2.61. The summed E-state index contributed by atoms with van der Waals surface area (Å²) < 4.78 is 5.14. The monoisotopic (exact) mass is 233 g/mol. The summed E-state index contributed by atoms with van der Waals surface area (Å²) in [5.74, 6) is -0.347. The van der Waals surface area contributed by atoms with E-state index in [1.54, 1.807) is 35.6 Å². The van der Waals surface area contributed by atoms with E-state index in [9.17, 15) is 4.79 Å². The van der Waals surface area contributed by atoms with E-state index in [0.717, 1.165) is 4.88 Å². The van der Waals surface area contributed by atoms with Crippen molar-refractivity contribution in [2.24, 2.45) is 0 Å². The number of nitrogen functional groups attached to an aromatic ring is 1. The first kappa shape index (κ1) is 10.7. The van der Waals surface area contributed by atoms with Gasteiger partial charge in [-0.1, -0.05) is 12.1 Å². The standard InChI is InChI=1S/C12H11NO2S/c13-10-4-1-3-9(7-10)12(14)15-8-11-5-2-6-16-11/h1-7H,8,13H2. The highest BCUT2D eigenvalue weighted by Crippen LogP contribution is 2.12. The predicted octanol–water partition coefficient (Wildman–Crippen LogP) is 2.69. The molecule has 0 aliphatic rings. The molecular formula is C12H11NO2S. The molecular weight excluding hydrogens is 222 g/mol. The molecule has 0 spiro atoms. The number of anilines is 1. The second kappa shape index (κ2) is 4.81. The third-order valence-corrected chi connectivity index (χ3v) is 2.90. The summed E-state index contributed by atoms with van der Waals surface area (Å²) >= 11 is 1.56. The molecule has 4 heteroatoms. The molecule has 0 aliphatic carbocycles. The molecule has 0 amide bonds. The number of hydrogen-bond donors (Lipinski definition) is 1. The quantitative estimate of drug-likeness (QED) is 0.655. The van der Waals surface area contributed by atoms with Crippen molar-refractivity contribution in [2.45, 2.75) is 6.61 Å². The Morgan fingerprint density at radius 1 is 1.31 bits per heavy atom. The van der Waals surface area contributed by atoms with Gasteiger partial charge in [0.2, 0.25) is 0 Å². The molecule has 0 fully saturated rings. The van der Waals surface area contributed by atoms with E-state index in [-0.39, 0.29) is 5.97 Å². The molecule has 1 heterocycles. The number of hydrogen-bond acceptors (Lipinski definition) is 4. The van der Waals surface area contributed by atoms with E-state index in [1.807, 2.05) is 17.5 Å². The zero-order chi connectivity index (χ0) is 11.4. The molecule has 16 heavy (non-hydrogen) atoms. The molecule has 82 valence electrons. The second-order valence-electron chi connectivity index (χ2n) is 3.28. The number of ether oxygens (including phenoxy) is 1. The van der Waals surface area contributed by atoms with Crippen molar-refractivity contribution < 1.29 is 9.53 Å². The smallest absolute Gasteiger partial charge is 0.338 e. The topological polar surface area (TPSA) is 52.3 Å². The van der Waals surface area contributed by atoms with Gasteiger partial charge in [-0.2, -0.15) is 0 Å². The van der Waals surface area contributed by atoms with E-state index >= 15 is 0 Å². The Labute approximate surface area is 97.5 Å². The van der Waals surface area contributed by atoms with Crippen LogP contribution in [0.25, 0.3) is 0 Å². The molecule has 0 radical (unpaired) electrons. The molecule has 0 atom stereocenters. The van der Waals surface area contributed by atoms with Crippen molar-refractivity contribution in [2.75, 3.05) is 5.73 Å². The molecule has 0 saturated carbocycles. The first-order chi connectivity index (χ1) is 7.75. The average molecular weight is 233 g/mol. The first-order valence-corrected chi connectivity index (χ1v) is 5.69. The molecule has 0 bridgehead atoms. The first-order valence-electron chi connectivity index (χ1n) is 4.81. The molecule has 0 unspecified atom stereocenters. The van der Waals surface area contributed by atoms with Gasteiger partial charge in [-0.15, -0.1) is 11.3 Å². The minimum absolute atomic E-state index is 0.311. The van der Waals surface area contributed by atoms with Gasteiger partial charge in [-0.3, -0.25) is 0 Å². The van der Waals surface area contributed by atoms with Gasteiger partial charge in [0.25, 0.3) is 0 Å². The maximum absolute atomic E-state index is 11.6. The normalized spacial score (nSPS) is 10.0. The SMILES string of the molecule is Nc1cccc(C(=O)OCc2cccs2)c1. The third-order valence-electron chi connectivity index (χ3n) is 2.05. The number of carbonyl (C=O) groups is 1. The number of thiophene rings is 1. The van der Waals surface area contributed by atoms with Crippen LogP contribution in [0.2, 0.25) is 0 Å². The molecule has 2 rings (SSSR count). The summed E-state index contributed by atoms with van der Waals surface area (Å²) in [6.07, 6.45) is 0. The molecule has 1 aromatic heterocycles. The van der Waals surface area contributed by atoms with Crippen LogP contribution in [-0.4, -0.2) is 5.97 Å². The summed E-state index contributed by atoms with van der Waals surface area (Å²) in [6.45, 7) is 0.311. The number of rotatable bonds is 3. The van der Waals surface area contributed by atoms with Crippen molar-refractivity contribution in [3.05, 3.63) is 52.2 Å². The van der Waals surface area contributed by atoms with Crippen LogP contribution in [0.5, 0.6) is 0 Å². The zero-order valence-corrected chi connectivity index (χ0v) is 9.37. The maximum atomic E-state index is 11.6. The van der Waals surface area contributed by atoms with E-state index in [2.05, 4.69) is 0 Å². The summed E-state index contributed by atoms with van der Waals surface area (Å²) in [7, 11) is 0. The Bertz CT molecular complexity index is 480. The summed E-state index contributed by atoms with van der Waals surface area (Å²) in [5.41, 5.74) is 6.63. The Hall–Kier alpha value is -1.81. The largest absolute Gasteiger partial charge is 0.456 e. The van der Waals surface area contributed by atoms with Crippen LogP contribution < -0.4 is 5.73 Å². The van der Waals surface area contributed by atoms with Gasteiger partial charge < -0.3 is 10.5 Å². The zero-order valence-electron chi connectivity index (χ0n) is 8.55. The second-order valence-corrected chi connectivity index (χ2v) is 4.31. The van der Waals surface area contributed by atoms with E-state index in [0.29, 0.717) is 17.9 Å². The van der Waals surface area contributed by atoms with Crippen molar-refractivity contribution in [1.29, 1.82) is 0 Å². The molecule has 3 nitrogen and oxygen atoms in total. The van der Waals surface area contributed by atoms with Crippen LogP contribution >= 0.6 is 11.3 Å². The van der Waals surface area contributed by atoms with Crippen LogP contribution in [0.3, 0.4) is 0 Å². The number of esters is 1. The van der Waals surface area contributed by atoms with E-state index in [1.165, 1.54) is 0 Å². The highest BCUT2D eigenvalue weighted by atomic mass is 32.1. The van der Waals surface area contributed by atoms with Crippen molar-refractivity contribution >= 4 is 23.0 Å². The van der Waals surface area contributed by atoms with Crippen molar-refractivity contribution in [1.82, 2.24) is 0 Å². The lowest BCUT2D eigenvalue weighted by atomic mass is 10.2. The highest BCUT2D eigenvalue weighted by Gasteiger charge is 2.07. The minimum Gasteiger partial charge on any atom is -0.456 e. The van der Waals surface area contributed by atoms with Gasteiger partial charge in [0.05, 0.1) is 5.56 Å². The fraction of sp³-hybridized carbons (Fsp3) is 0.0833. The molecule has 1 aromatic carbocycles. The Kier molecular flexibility index (Phi) is 3.22. The van der Waals surface area contributed by atoms with Crippen molar-refractivity contribution in [3.8, 4) is 0 Å². The number of nitrogens with two attached hydrogens (primary N) is 1. The van der Waals surface area contributed by atoms with Crippen molar-refractivity contribution in [3.63, 3.8) is 0 Å².